The van der Waals surface area contributed by atoms with Crippen LogP contribution in [0.4, 0.5) is 0 Å². The van der Waals surface area contributed by atoms with Crippen molar-refractivity contribution in [2.75, 3.05) is 20.7 Å². The van der Waals surface area contributed by atoms with Gasteiger partial charge in [-0.2, -0.15) is 8.42 Å². The van der Waals surface area contributed by atoms with Crippen LogP contribution in [0.1, 0.15) is 24.4 Å². The molecule has 0 aromatic carbocycles. The van der Waals surface area contributed by atoms with E-state index in [9.17, 15) is 0 Å². The Bertz CT molecular complexity index is 544. The van der Waals surface area contributed by atoms with Gasteiger partial charge < -0.3 is 4.74 Å². The third-order valence-corrected chi connectivity index (χ3v) is 3.24. The number of halogens is 1. The fourth-order valence-corrected chi connectivity index (χ4v) is 2.28. The van der Waals surface area contributed by atoms with E-state index in [1.54, 1.807) is 7.11 Å². The lowest BCUT2D eigenvalue weighted by atomic mass is 10.1. The van der Waals surface area contributed by atoms with Crippen molar-refractivity contribution in [1.29, 1.82) is 0 Å². The highest BCUT2D eigenvalue weighted by atomic mass is 35.5. The van der Waals surface area contributed by atoms with E-state index >= 15 is 0 Å². The van der Waals surface area contributed by atoms with Crippen LogP contribution >= 0.6 is 11.6 Å². The van der Waals surface area contributed by atoms with Crippen molar-refractivity contribution in [3.8, 4) is 5.75 Å². The Kier molecular flexibility index (Phi) is 6.15. The number of likely N-dealkylation sites (tertiary alicyclic amines) is 1. The molecule has 1 saturated heterocycles. The summed E-state index contributed by atoms with van der Waals surface area (Å²) in [6.45, 7) is 1.15. The third-order valence-electron chi connectivity index (χ3n) is 2.95. The van der Waals surface area contributed by atoms with Crippen LogP contribution < -0.4 is 4.74 Å². The summed E-state index contributed by atoms with van der Waals surface area (Å²) >= 11 is 5.89. The number of aromatic nitrogens is 1. The van der Waals surface area contributed by atoms with Gasteiger partial charge in [0.15, 0.2) is 10.9 Å². The van der Waals surface area contributed by atoms with Crippen LogP contribution in [0.25, 0.3) is 0 Å². The Hall–Kier alpha value is -0.930. The van der Waals surface area contributed by atoms with E-state index in [2.05, 4.69) is 16.9 Å². The van der Waals surface area contributed by atoms with Gasteiger partial charge in [-0.05, 0) is 38.1 Å². The molecule has 0 amide bonds. The minimum Gasteiger partial charge on any atom is -0.494 e. The number of hydrogen-bond acceptors (Lipinski definition) is 5. The van der Waals surface area contributed by atoms with Crippen molar-refractivity contribution >= 4 is 22.0 Å². The molecule has 0 saturated carbocycles. The monoisotopic (exact) mass is 324 g/mol. The standard InChI is InChI=1S/C11H15ClN2O.H2O4S/c1-14-5-3-4-9(14)8-6-10(15-2)11(12)13-7-8;1-5(2,3)4/h6-7,9H,3-5H2,1-2H3;(H2,1,2,3,4). The normalized spacial score (nSPS) is 19.4. The van der Waals surface area contributed by atoms with Crippen molar-refractivity contribution < 1.29 is 22.3 Å². The molecule has 1 fully saturated rings. The van der Waals surface area contributed by atoms with Crippen LogP contribution in [0.2, 0.25) is 5.15 Å². The molecule has 1 unspecified atom stereocenters. The summed E-state index contributed by atoms with van der Waals surface area (Å²) in [5, 5.41) is 0.432. The van der Waals surface area contributed by atoms with Crippen molar-refractivity contribution in [2.45, 2.75) is 18.9 Å². The molecule has 0 radical (unpaired) electrons. The topological polar surface area (TPSA) is 100.0 Å². The molecule has 20 heavy (non-hydrogen) atoms. The van der Waals surface area contributed by atoms with Gasteiger partial charge in [-0.15, -0.1) is 0 Å². The van der Waals surface area contributed by atoms with Crippen molar-refractivity contribution in [1.82, 2.24) is 9.88 Å². The van der Waals surface area contributed by atoms with E-state index < -0.39 is 10.4 Å². The highest BCUT2D eigenvalue weighted by Crippen LogP contribution is 2.33. The first-order valence-electron chi connectivity index (χ1n) is 5.82. The van der Waals surface area contributed by atoms with E-state index in [0.717, 1.165) is 6.54 Å². The summed E-state index contributed by atoms with van der Waals surface area (Å²) < 4.78 is 36.8. The molecule has 2 heterocycles. The maximum absolute atomic E-state index is 8.74. The second kappa shape index (κ2) is 7.19. The smallest absolute Gasteiger partial charge is 0.394 e. The zero-order chi connectivity index (χ0) is 15.3. The van der Waals surface area contributed by atoms with Gasteiger partial charge in [0.2, 0.25) is 0 Å². The summed E-state index contributed by atoms with van der Waals surface area (Å²) in [5.74, 6) is 0.662. The molecule has 1 aliphatic heterocycles. The molecule has 1 aliphatic rings. The van der Waals surface area contributed by atoms with Gasteiger partial charge in [0.05, 0.1) is 7.11 Å². The maximum Gasteiger partial charge on any atom is 0.394 e. The van der Waals surface area contributed by atoms with Crippen LogP contribution in [-0.2, 0) is 10.4 Å². The number of rotatable bonds is 2. The summed E-state index contributed by atoms with van der Waals surface area (Å²) in [7, 11) is -0.913. The molecule has 0 spiro atoms. The molecule has 1 aromatic rings. The molecular formula is C11H17ClN2O5S. The third kappa shape index (κ3) is 5.59. The number of methoxy groups -OCH3 is 1. The first-order valence-corrected chi connectivity index (χ1v) is 7.59. The van der Waals surface area contributed by atoms with Crippen LogP contribution in [0.3, 0.4) is 0 Å². The minimum absolute atomic E-state index is 0.432. The summed E-state index contributed by atoms with van der Waals surface area (Å²) in [6.07, 6.45) is 4.27. The highest BCUT2D eigenvalue weighted by molar-refractivity contribution is 7.79. The van der Waals surface area contributed by atoms with Gasteiger partial charge in [0.1, 0.15) is 0 Å². The van der Waals surface area contributed by atoms with Gasteiger partial charge >= 0.3 is 10.4 Å². The zero-order valence-electron chi connectivity index (χ0n) is 11.2. The molecule has 2 N–H and O–H groups in total. The Morgan fingerprint density at radius 3 is 2.55 bits per heavy atom. The molecular weight excluding hydrogens is 308 g/mol. The Morgan fingerprint density at radius 1 is 1.50 bits per heavy atom. The fourth-order valence-electron chi connectivity index (χ4n) is 2.10. The lowest BCUT2D eigenvalue weighted by Crippen LogP contribution is -2.17. The number of ether oxygens (including phenoxy) is 1. The van der Waals surface area contributed by atoms with E-state index in [4.69, 9.17) is 33.9 Å². The summed E-state index contributed by atoms with van der Waals surface area (Å²) in [5.41, 5.74) is 1.19. The van der Waals surface area contributed by atoms with E-state index in [0.29, 0.717) is 16.9 Å². The molecule has 9 heteroatoms. The number of pyridine rings is 1. The second-order valence-electron chi connectivity index (χ2n) is 4.35. The fraction of sp³-hybridized carbons (Fsp3) is 0.545. The molecule has 7 nitrogen and oxygen atoms in total. The Labute approximate surface area is 123 Å². The van der Waals surface area contributed by atoms with Crippen LogP contribution in [0.5, 0.6) is 5.75 Å². The molecule has 0 bridgehead atoms. The lowest BCUT2D eigenvalue weighted by Gasteiger charge is -2.19. The first-order chi connectivity index (χ1) is 9.22. The number of hydrogen-bond donors (Lipinski definition) is 2. The molecule has 0 aliphatic carbocycles. The second-order valence-corrected chi connectivity index (χ2v) is 5.60. The van der Waals surface area contributed by atoms with E-state index in [1.807, 2.05) is 12.3 Å². The molecule has 1 aromatic heterocycles. The van der Waals surface area contributed by atoms with Gasteiger partial charge in [0.25, 0.3) is 0 Å². The van der Waals surface area contributed by atoms with Crippen molar-refractivity contribution in [3.63, 3.8) is 0 Å². The van der Waals surface area contributed by atoms with Crippen molar-refractivity contribution in [3.05, 3.63) is 23.0 Å². The maximum atomic E-state index is 8.74. The number of nitrogens with zero attached hydrogens (tertiary/aromatic N) is 2. The van der Waals surface area contributed by atoms with Crippen LogP contribution in [0, 0.1) is 0 Å². The zero-order valence-corrected chi connectivity index (χ0v) is 12.7. The summed E-state index contributed by atoms with van der Waals surface area (Å²) in [6, 6.07) is 2.45. The molecule has 2 rings (SSSR count). The SMILES string of the molecule is COc1cc(C2CCCN2C)cnc1Cl.O=S(=O)(O)O. The average molecular weight is 325 g/mol. The quantitative estimate of drug-likeness (QED) is 0.632. The molecule has 1 atom stereocenters. The Morgan fingerprint density at radius 2 is 2.10 bits per heavy atom. The van der Waals surface area contributed by atoms with Crippen molar-refractivity contribution in [2.24, 2.45) is 0 Å². The molecule has 114 valence electrons. The van der Waals surface area contributed by atoms with E-state index in [1.165, 1.54) is 18.4 Å². The predicted molar refractivity (Wildman–Crippen MR) is 74.6 cm³/mol. The largest absolute Gasteiger partial charge is 0.494 e. The average Bonchev–Trinajstić information content (AvgIpc) is 2.74. The lowest BCUT2D eigenvalue weighted by molar-refractivity contribution is 0.315. The highest BCUT2D eigenvalue weighted by Gasteiger charge is 2.23. The van der Waals surface area contributed by atoms with Gasteiger partial charge in [0, 0.05) is 12.2 Å². The van der Waals surface area contributed by atoms with Gasteiger partial charge in [-0.1, -0.05) is 11.6 Å². The van der Waals surface area contributed by atoms with Crippen LogP contribution in [-0.4, -0.2) is 48.1 Å². The van der Waals surface area contributed by atoms with Gasteiger partial charge in [-0.3, -0.25) is 14.0 Å². The first kappa shape index (κ1) is 17.1. The van der Waals surface area contributed by atoms with Gasteiger partial charge in [-0.25, -0.2) is 4.98 Å². The predicted octanol–water partition coefficient (Wildman–Crippen LogP) is 1.86. The van der Waals surface area contributed by atoms with Crippen LogP contribution in [0.15, 0.2) is 12.3 Å². The Balaban J connectivity index is 0.000000347. The van der Waals surface area contributed by atoms with E-state index in [-0.39, 0.29) is 0 Å². The minimum atomic E-state index is -4.67. The summed E-state index contributed by atoms with van der Waals surface area (Å²) in [4.78, 5) is 6.48.